The van der Waals surface area contributed by atoms with E-state index in [1.54, 1.807) is 0 Å². The van der Waals surface area contributed by atoms with Gasteiger partial charge in [-0.1, -0.05) is 20.8 Å². The van der Waals surface area contributed by atoms with Crippen molar-refractivity contribution in [3.8, 4) is 0 Å². The van der Waals surface area contributed by atoms with Crippen molar-refractivity contribution in [3.63, 3.8) is 0 Å². The van der Waals surface area contributed by atoms with Gasteiger partial charge in [0.2, 0.25) is 0 Å². The molecule has 0 bridgehead atoms. The van der Waals surface area contributed by atoms with Crippen LogP contribution in [0.5, 0.6) is 0 Å². The molecule has 0 atom stereocenters. The summed E-state index contributed by atoms with van der Waals surface area (Å²) in [6.07, 6.45) is 3.56. The molecule has 108 valence electrons. The maximum absolute atomic E-state index is 6.09. The molecule has 3 nitrogen and oxygen atoms in total. The lowest BCUT2D eigenvalue weighted by molar-refractivity contribution is 0.261. The van der Waals surface area contributed by atoms with Crippen LogP contribution in [-0.2, 0) is 0 Å². The molecule has 1 rings (SSSR count). The number of nitrogens with two attached hydrogens (primary N) is 1. The Morgan fingerprint density at radius 2 is 1.67 bits per heavy atom. The lowest BCUT2D eigenvalue weighted by Crippen LogP contribution is -2.43. The van der Waals surface area contributed by atoms with Crippen LogP contribution >= 0.6 is 35.7 Å². The zero-order valence-corrected chi connectivity index (χ0v) is 15.1. The van der Waals surface area contributed by atoms with E-state index in [1.807, 2.05) is 11.8 Å². The molecule has 0 aliphatic carbocycles. The van der Waals surface area contributed by atoms with Crippen molar-refractivity contribution in [1.82, 2.24) is 4.90 Å². The van der Waals surface area contributed by atoms with E-state index in [0.717, 1.165) is 25.6 Å². The maximum Gasteiger partial charge on any atom is 0.191 e. The summed E-state index contributed by atoms with van der Waals surface area (Å²) in [6.45, 7) is 9.77. The van der Waals surface area contributed by atoms with Gasteiger partial charge in [0.15, 0.2) is 5.96 Å². The Morgan fingerprint density at radius 3 is 2.11 bits per heavy atom. The predicted octanol–water partition coefficient (Wildman–Crippen LogP) is 3.18. The standard InChI is InChI=1S/C13H27N3S.HI/c1-4-13(5-2,6-3)11-15-12(14)16-7-9-17-10-8-16;/h4-11H2,1-3H3,(H2,14,15);1H. The molecular weight excluding hydrogens is 357 g/mol. The zero-order valence-electron chi connectivity index (χ0n) is 11.9. The highest BCUT2D eigenvalue weighted by Crippen LogP contribution is 2.30. The minimum atomic E-state index is 0. The van der Waals surface area contributed by atoms with Crippen molar-refractivity contribution in [2.45, 2.75) is 40.0 Å². The third-order valence-electron chi connectivity index (χ3n) is 4.16. The molecule has 0 radical (unpaired) electrons. The molecule has 0 aromatic heterocycles. The van der Waals surface area contributed by atoms with E-state index in [0.29, 0.717) is 5.41 Å². The number of thioether (sulfide) groups is 1. The third kappa shape index (κ3) is 5.15. The fourth-order valence-corrected chi connectivity index (χ4v) is 3.13. The first-order valence-corrected chi connectivity index (χ1v) is 7.95. The largest absolute Gasteiger partial charge is 0.370 e. The minimum Gasteiger partial charge on any atom is -0.370 e. The number of hydrogen-bond donors (Lipinski definition) is 1. The van der Waals surface area contributed by atoms with Crippen LogP contribution in [0.3, 0.4) is 0 Å². The summed E-state index contributed by atoms with van der Waals surface area (Å²) in [4.78, 5) is 6.87. The molecule has 0 aromatic rings. The molecule has 0 amide bonds. The van der Waals surface area contributed by atoms with Gasteiger partial charge in [0, 0.05) is 31.1 Å². The Bertz CT molecular complexity index is 240. The van der Waals surface area contributed by atoms with Crippen LogP contribution in [0.2, 0.25) is 0 Å². The topological polar surface area (TPSA) is 41.6 Å². The summed E-state index contributed by atoms with van der Waals surface area (Å²) in [6, 6.07) is 0. The Labute approximate surface area is 133 Å². The monoisotopic (exact) mass is 385 g/mol. The van der Waals surface area contributed by atoms with E-state index in [1.165, 1.54) is 30.8 Å². The number of rotatable bonds is 5. The summed E-state index contributed by atoms with van der Waals surface area (Å²) in [5, 5.41) is 0. The molecule has 2 N–H and O–H groups in total. The van der Waals surface area contributed by atoms with Crippen LogP contribution in [0.4, 0.5) is 0 Å². The highest BCUT2D eigenvalue weighted by Gasteiger charge is 2.24. The third-order valence-corrected chi connectivity index (χ3v) is 5.10. The Hall–Kier alpha value is 0.350. The summed E-state index contributed by atoms with van der Waals surface area (Å²) in [7, 11) is 0. The van der Waals surface area contributed by atoms with Gasteiger partial charge in [-0.15, -0.1) is 24.0 Å². The van der Waals surface area contributed by atoms with Crippen molar-refractivity contribution in [1.29, 1.82) is 0 Å². The number of hydrogen-bond acceptors (Lipinski definition) is 2. The molecule has 0 spiro atoms. The number of guanidine groups is 1. The van der Waals surface area contributed by atoms with Gasteiger partial charge in [0.25, 0.3) is 0 Å². The second kappa shape index (κ2) is 9.28. The second-order valence-electron chi connectivity index (χ2n) is 4.83. The van der Waals surface area contributed by atoms with Gasteiger partial charge in [0.05, 0.1) is 0 Å². The first kappa shape index (κ1) is 18.4. The van der Waals surface area contributed by atoms with Gasteiger partial charge in [-0.05, 0) is 24.7 Å². The summed E-state index contributed by atoms with van der Waals surface area (Å²) in [5.41, 5.74) is 6.44. The number of halogens is 1. The first-order valence-electron chi connectivity index (χ1n) is 6.80. The van der Waals surface area contributed by atoms with E-state index in [2.05, 4.69) is 30.7 Å². The predicted molar refractivity (Wildman–Crippen MR) is 94.1 cm³/mol. The minimum absolute atomic E-state index is 0. The molecular formula is C13H28IN3S. The molecule has 1 saturated heterocycles. The molecule has 18 heavy (non-hydrogen) atoms. The van der Waals surface area contributed by atoms with Crippen LogP contribution in [-0.4, -0.2) is 42.0 Å². The van der Waals surface area contributed by atoms with Crippen molar-refractivity contribution in [2.75, 3.05) is 31.1 Å². The Morgan fingerprint density at radius 1 is 1.17 bits per heavy atom. The van der Waals surface area contributed by atoms with Crippen LogP contribution in [0.25, 0.3) is 0 Å². The molecule has 5 heteroatoms. The molecule has 1 aliphatic heterocycles. The number of nitrogens with zero attached hydrogens (tertiary/aromatic N) is 2. The normalized spacial score (nSPS) is 17.5. The smallest absolute Gasteiger partial charge is 0.191 e. The van der Waals surface area contributed by atoms with Crippen molar-refractivity contribution in [2.24, 2.45) is 16.1 Å². The second-order valence-corrected chi connectivity index (χ2v) is 6.06. The van der Waals surface area contributed by atoms with E-state index >= 15 is 0 Å². The van der Waals surface area contributed by atoms with Gasteiger partial charge in [-0.2, -0.15) is 11.8 Å². The summed E-state index contributed by atoms with van der Waals surface area (Å²) >= 11 is 2.00. The summed E-state index contributed by atoms with van der Waals surface area (Å²) in [5.74, 6) is 3.11. The number of aliphatic imine (C=N–C) groups is 1. The fourth-order valence-electron chi connectivity index (χ4n) is 2.23. The van der Waals surface area contributed by atoms with Crippen molar-refractivity contribution < 1.29 is 0 Å². The van der Waals surface area contributed by atoms with E-state index in [9.17, 15) is 0 Å². The lowest BCUT2D eigenvalue weighted by Gasteiger charge is -2.31. The van der Waals surface area contributed by atoms with E-state index in [-0.39, 0.29) is 24.0 Å². The Kier molecular flexibility index (Phi) is 9.47. The van der Waals surface area contributed by atoms with Crippen molar-refractivity contribution in [3.05, 3.63) is 0 Å². The quantitative estimate of drug-likeness (QED) is 0.449. The Balaban J connectivity index is 0.00000289. The van der Waals surface area contributed by atoms with Crippen molar-refractivity contribution >= 4 is 41.7 Å². The molecule has 0 unspecified atom stereocenters. The van der Waals surface area contributed by atoms with Gasteiger partial charge in [-0.3, -0.25) is 4.99 Å². The fraction of sp³-hybridized carbons (Fsp3) is 0.923. The molecule has 1 fully saturated rings. The SMILES string of the molecule is CCC(CC)(CC)CN=C(N)N1CCSCC1.I. The molecule has 1 heterocycles. The highest BCUT2D eigenvalue weighted by molar-refractivity contribution is 14.0. The van der Waals surface area contributed by atoms with Gasteiger partial charge >= 0.3 is 0 Å². The van der Waals surface area contributed by atoms with Crippen LogP contribution in [0, 0.1) is 5.41 Å². The zero-order chi connectivity index (χ0) is 12.7. The molecule has 1 aliphatic rings. The van der Waals surface area contributed by atoms with Crippen LogP contribution in [0.15, 0.2) is 4.99 Å². The molecule has 0 saturated carbocycles. The van der Waals surface area contributed by atoms with E-state index in [4.69, 9.17) is 5.73 Å². The highest BCUT2D eigenvalue weighted by atomic mass is 127. The van der Waals surface area contributed by atoms with Gasteiger partial charge < -0.3 is 10.6 Å². The van der Waals surface area contributed by atoms with E-state index < -0.39 is 0 Å². The van der Waals surface area contributed by atoms with Crippen LogP contribution in [0.1, 0.15) is 40.0 Å². The maximum atomic E-state index is 6.09. The first-order chi connectivity index (χ1) is 8.17. The van der Waals surface area contributed by atoms with Gasteiger partial charge in [0.1, 0.15) is 0 Å². The average molecular weight is 385 g/mol. The van der Waals surface area contributed by atoms with Crippen LogP contribution < -0.4 is 5.73 Å². The van der Waals surface area contributed by atoms with Gasteiger partial charge in [-0.25, -0.2) is 0 Å². The lowest BCUT2D eigenvalue weighted by atomic mass is 9.80. The molecule has 0 aromatic carbocycles. The summed E-state index contributed by atoms with van der Waals surface area (Å²) < 4.78 is 0. The average Bonchev–Trinajstić information content (AvgIpc) is 2.41.